The Labute approximate surface area is 112 Å². The Kier molecular flexibility index (Phi) is 2.90. The summed E-state index contributed by atoms with van der Waals surface area (Å²) in [7, 11) is 0. The number of anilines is 2. The molecule has 0 atom stereocenters. The number of fused-ring (bicyclic) bond motifs is 1. The van der Waals surface area contributed by atoms with E-state index in [1.807, 2.05) is 0 Å². The van der Waals surface area contributed by atoms with Gasteiger partial charge in [0.1, 0.15) is 5.52 Å². The lowest BCUT2D eigenvalue weighted by atomic mass is 10.2. The second-order valence-electron chi connectivity index (χ2n) is 4.17. The molecule has 3 rings (SSSR count). The zero-order chi connectivity index (χ0) is 14.1. The number of para-hydroxylation sites is 1. The van der Waals surface area contributed by atoms with Gasteiger partial charge >= 0.3 is 0 Å². The first kappa shape index (κ1) is 12.3. The fourth-order valence-electron chi connectivity index (χ4n) is 1.94. The largest absolute Gasteiger partial charge is 0.324 e. The summed E-state index contributed by atoms with van der Waals surface area (Å²) < 4.78 is 26.7. The van der Waals surface area contributed by atoms with Gasteiger partial charge in [-0.05, 0) is 24.3 Å². The molecule has 100 valence electrons. The second-order valence-corrected chi connectivity index (χ2v) is 4.17. The van der Waals surface area contributed by atoms with E-state index >= 15 is 0 Å². The number of aromatic amines is 1. The average molecular weight is 273 g/mol. The van der Waals surface area contributed by atoms with Crippen LogP contribution in [0.1, 0.15) is 10.4 Å². The summed E-state index contributed by atoms with van der Waals surface area (Å²) in [5, 5.41) is 2.66. The molecule has 0 aliphatic carbocycles. The predicted octanol–water partition coefficient (Wildman–Crippen LogP) is 3.40. The number of aromatic nitrogens is 2. The molecule has 6 heteroatoms. The van der Waals surface area contributed by atoms with Crippen LogP contribution >= 0.6 is 0 Å². The molecule has 4 nitrogen and oxygen atoms in total. The first-order valence-electron chi connectivity index (χ1n) is 5.84. The smallest absolute Gasteiger partial charge is 0.205 e. The lowest BCUT2D eigenvalue weighted by Crippen LogP contribution is -1.97. The summed E-state index contributed by atoms with van der Waals surface area (Å²) in [6.45, 7) is 0. The molecule has 0 unspecified atom stereocenters. The van der Waals surface area contributed by atoms with E-state index in [0.717, 1.165) is 6.07 Å². The van der Waals surface area contributed by atoms with Gasteiger partial charge in [-0.25, -0.2) is 13.8 Å². The monoisotopic (exact) mass is 273 g/mol. The van der Waals surface area contributed by atoms with E-state index in [4.69, 9.17) is 0 Å². The van der Waals surface area contributed by atoms with Crippen LogP contribution in [0.3, 0.4) is 0 Å². The van der Waals surface area contributed by atoms with Crippen molar-refractivity contribution >= 4 is 29.0 Å². The van der Waals surface area contributed by atoms with Gasteiger partial charge < -0.3 is 10.3 Å². The molecule has 0 amide bonds. The molecule has 0 saturated heterocycles. The Hall–Kier alpha value is -2.76. The molecule has 0 spiro atoms. The van der Waals surface area contributed by atoms with Crippen LogP contribution in [0.5, 0.6) is 0 Å². The number of carbonyl (C=O) groups is 1. The average Bonchev–Trinajstić information content (AvgIpc) is 2.86. The zero-order valence-corrected chi connectivity index (χ0v) is 10.2. The summed E-state index contributed by atoms with van der Waals surface area (Å²) in [6, 6.07) is 8.89. The molecule has 1 aromatic heterocycles. The number of H-pyrrole nitrogens is 1. The number of hydrogen-bond acceptors (Lipinski definition) is 3. The Morgan fingerprint density at radius 3 is 2.75 bits per heavy atom. The summed E-state index contributed by atoms with van der Waals surface area (Å²) in [6.07, 6.45) is 0.690. The summed E-state index contributed by atoms with van der Waals surface area (Å²) in [4.78, 5) is 18.0. The maximum Gasteiger partial charge on any atom is 0.205 e. The summed E-state index contributed by atoms with van der Waals surface area (Å²) >= 11 is 0. The molecule has 0 saturated carbocycles. The lowest BCUT2D eigenvalue weighted by Gasteiger charge is -2.04. The number of aldehydes is 1. The van der Waals surface area contributed by atoms with Crippen LogP contribution in [-0.4, -0.2) is 16.3 Å². The first-order valence-corrected chi connectivity index (χ1v) is 5.84. The quantitative estimate of drug-likeness (QED) is 0.719. The van der Waals surface area contributed by atoms with Crippen LogP contribution in [0.4, 0.5) is 20.4 Å². The molecule has 0 aliphatic heterocycles. The van der Waals surface area contributed by atoms with Crippen molar-refractivity contribution < 1.29 is 13.6 Å². The van der Waals surface area contributed by atoms with Gasteiger partial charge in [0.15, 0.2) is 17.9 Å². The van der Waals surface area contributed by atoms with Gasteiger partial charge in [0.05, 0.1) is 11.2 Å². The number of imidazole rings is 1. The fourth-order valence-corrected chi connectivity index (χ4v) is 1.94. The van der Waals surface area contributed by atoms with E-state index in [1.54, 1.807) is 18.2 Å². The highest BCUT2D eigenvalue weighted by Gasteiger charge is 2.11. The second kappa shape index (κ2) is 4.73. The summed E-state index contributed by atoms with van der Waals surface area (Å²) in [5.41, 5.74) is 1.50. The van der Waals surface area contributed by atoms with Crippen molar-refractivity contribution in [3.05, 3.63) is 53.6 Å². The first-order chi connectivity index (χ1) is 9.69. The van der Waals surface area contributed by atoms with E-state index in [-0.39, 0.29) is 11.6 Å². The summed E-state index contributed by atoms with van der Waals surface area (Å²) in [5.74, 6) is -1.69. The molecule has 0 radical (unpaired) electrons. The fraction of sp³-hybridized carbons (Fsp3) is 0. The minimum atomic E-state index is -0.983. The van der Waals surface area contributed by atoms with Crippen molar-refractivity contribution in [3.8, 4) is 0 Å². The molecule has 0 bridgehead atoms. The number of nitrogens with one attached hydrogen (secondary N) is 2. The van der Waals surface area contributed by atoms with Crippen LogP contribution < -0.4 is 5.32 Å². The molecular weight excluding hydrogens is 264 g/mol. The number of hydrogen-bond donors (Lipinski definition) is 2. The third kappa shape index (κ3) is 2.01. The van der Waals surface area contributed by atoms with Crippen molar-refractivity contribution in [1.82, 2.24) is 9.97 Å². The molecule has 1 heterocycles. The van der Waals surface area contributed by atoms with E-state index < -0.39 is 11.6 Å². The van der Waals surface area contributed by atoms with Crippen molar-refractivity contribution in [2.75, 3.05) is 5.32 Å². The van der Waals surface area contributed by atoms with Gasteiger partial charge in [0, 0.05) is 5.56 Å². The van der Waals surface area contributed by atoms with Gasteiger partial charge in [0.25, 0.3) is 0 Å². The van der Waals surface area contributed by atoms with Crippen molar-refractivity contribution in [1.29, 1.82) is 0 Å². The van der Waals surface area contributed by atoms with Crippen LogP contribution in [0.25, 0.3) is 11.0 Å². The van der Waals surface area contributed by atoms with Gasteiger partial charge in [-0.1, -0.05) is 12.1 Å². The van der Waals surface area contributed by atoms with Crippen molar-refractivity contribution in [2.45, 2.75) is 0 Å². The van der Waals surface area contributed by atoms with E-state index in [9.17, 15) is 13.6 Å². The van der Waals surface area contributed by atoms with Crippen molar-refractivity contribution in [3.63, 3.8) is 0 Å². The zero-order valence-electron chi connectivity index (χ0n) is 10.2. The van der Waals surface area contributed by atoms with Gasteiger partial charge in [0.2, 0.25) is 5.95 Å². The maximum absolute atomic E-state index is 13.6. The highest BCUT2D eigenvalue weighted by atomic mass is 19.2. The van der Waals surface area contributed by atoms with Gasteiger partial charge in [-0.2, -0.15) is 0 Å². The van der Waals surface area contributed by atoms with E-state index in [2.05, 4.69) is 15.3 Å². The van der Waals surface area contributed by atoms with Gasteiger partial charge in [-0.15, -0.1) is 0 Å². The number of nitrogens with zero attached hydrogens (tertiary/aromatic N) is 1. The molecule has 3 aromatic rings. The third-order valence-corrected chi connectivity index (χ3v) is 2.88. The van der Waals surface area contributed by atoms with Crippen LogP contribution in [0, 0.1) is 11.6 Å². The standard InChI is InChI=1S/C14H9F2N3O/c15-9-4-2-5-10(12(9)16)17-14-18-11-6-1-3-8(7-20)13(11)19-14/h1-7H,(H2,17,18,19). The lowest BCUT2D eigenvalue weighted by molar-refractivity contribution is 0.112. The molecule has 20 heavy (non-hydrogen) atoms. The number of carbonyl (C=O) groups excluding carboxylic acids is 1. The van der Waals surface area contributed by atoms with Crippen LogP contribution in [-0.2, 0) is 0 Å². The molecular formula is C14H9F2N3O. The molecule has 0 fully saturated rings. The molecule has 0 aliphatic rings. The van der Waals surface area contributed by atoms with E-state index in [1.165, 1.54) is 12.1 Å². The Morgan fingerprint density at radius 2 is 1.95 bits per heavy atom. The Balaban J connectivity index is 2.03. The number of halogens is 2. The van der Waals surface area contributed by atoms with Gasteiger partial charge in [-0.3, -0.25) is 4.79 Å². The predicted molar refractivity (Wildman–Crippen MR) is 71.1 cm³/mol. The highest BCUT2D eigenvalue weighted by molar-refractivity contribution is 5.95. The van der Waals surface area contributed by atoms with Crippen LogP contribution in [0.15, 0.2) is 36.4 Å². The van der Waals surface area contributed by atoms with Crippen LogP contribution in [0.2, 0.25) is 0 Å². The Morgan fingerprint density at radius 1 is 1.15 bits per heavy atom. The maximum atomic E-state index is 13.6. The third-order valence-electron chi connectivity index (χ3n) is 2.88. The normalized spacial score (nSPS) is 10.7. The Bertz CT molecular complexity index is 798. The van der Waals surface area contributed by atoms with Crippen molar-refractivity contribution in [2.24, 2.45) is 0 Å². The topological polar surface area (TPSA) is 57.8 Å². The number of benzene rings is 2. The molecule has 2 aromatic carbocycles. The highest BCUT2D eigenvalue weighted by Crippen LogP contribution is 2.23. The van der Waals surface area contributed by atoms with E-state index in [0.29, 0.717) is 22.9 Å². The number of rotatable bonds is 3. The SMILES string of the molecule is O=Cc1cccc2[nH]c(Nc3cccc(F)c3F)nc12. The minimum absolute atomic E-state index is 0.0308. The molecule has 2 N–H and O–H groups in total. The minimum Gasteiger partial charge on any atom is -0.324 e.